The van der Waals surface area contributed by atoms with Crippen LogP contribution < -0.4 is 9.47 Å². The number of halogens is 6. The summed E-state index contributed by atoms with van der Waals surface area (Å²) in [5, 5.41) is 0. The van der Waals surface area contributed by atoms with Gasteiger partial charge in [0, 0.05) is 0 Å². The van der Waals surface area contributed by atoms with Crippen LogP contribution >= 0.6 is 0 Å². The Bertz CT molecular complexity index is 917. The minimum absolute atomic E-state index is 0.138. The summed E-state index contributed by atoms with van der Waals surface area (Å²) in [4.78, 5) is 11.9. The lowest BCUT2D eigenvalue weighted by Gasteiger charge is -2.02. The summed E-state index contributed by atoms with van der Waals surface area (Å²) >= 11 is 0. The molecule has 2 aromatic rings. The molecule has 0 atom stereocenters. The predicted octanol–water partition coefficient (Wildman–Crippen LogP) is 6.81. The maximum absolute atomic E-state index is 12.7. The van der Waals surface area contributed by atoms with E-state index >= 15 is 0 Å². The molecule has 0 aromatic heterocycles. The van der Waals surface area contributed by atoms with Gasteiger partial charge in [0.15, 0.2) is 5.78 Å². The Morgan fingerprint density at radius 2 is 0.933 bits per heavy atom. The highest BCUT2D eigenvalue weighted by Crippen LogP contribution is 2.20. The normalized spacial score (nSPS) is 10.9. The molecule has 0 saturated heterocycles. The molecule has 0 heterocycles. The van der Waals surface area contributed by atoms with Gasteiger partial charge in [-0.2, -0.15) is 26.3 Å². The molecule has 2 rings (SSSR count). The van der Waals surface area contributed by atoms with E-state index in [2.05, 4.69) is 9.47 Å². The van der Waals surface area contributed by atoms with E-state index in [1.165, 1.54) is 72.8 Å². The zero-order chi connectivity index (χ0) is 22.1. The number of hydrogen-bond donors (Lipinski definition) is 0. The first-order chi connectivity index (χ1) is 14.2. The van der Waals surface area contributed by atoms with Crippen molar-refractivity contribution in [2.45, 2.75) is 0 Å². The van der Waals surface area contributed by atoms with Crippen LogP contribution in [0.5, 0.6) is 11.5 Å². The first-order valence-electron chi connectivity index (χ1n) is 8.12. The van der Waals surface area contributed by atoms with E-state index in [1.807, 2.05) is 0 Å². The zero-order valence-corrected chi connectivity index (χ0v) is 14.9. The van der Waals surface area contributed by atoms with Crippen LogP contribution in [0.3, 0.4) is 0 Å². The SMILES string of the molecule is O=C(C=Cc1ccc(OC(F)=C(F)F)cc1)C=Cc1ccc(OC(F)=C(F)F)cc1. The average molecular weight is 426 g/mol. The van der Waals surface area contributed by atoms with Crippen molar-refractivity contribution in [2.24, 2.45) is 0 Å². The standard InChI is InChI=1S/C21H12F6O3/c22-18(23)20(26)29-16-9-3-13(4-10-16)1-7-15(28)8-2-14-5-11-17(12-6-14)30-21(27)19(24)25/h1-12H. The highest BCUT2D eigenvalue weighted by molar-refractivity contribution is 6.04. The summed E-state index contributed by atoms with van der Waals surface area (Å²) in [5.41, 5.74) is 1.07. The van der Waals surface area contributed by atoms with Crippen molar-refractivity contribution in [3.8, 4) is 11.5 Å². The maximum atomic E-state index is 12.7. The van der Waals surface area contributed by atoms with Crippen LogP contribution in [0.25, 0.3) is 12.2 Å². The van der Waals surface area contributed by atoms with Gasteiger partial charge < -0.3 is 9.47 Å². The zero-order valence-electron chi connectivity index (χ0n) is 14.9. The summed E-state index contributed by atoms with van der Waals surface area (Å²) < 4.78 is 81.8. The Morgan fingerprint density at radius 3 is 1.23 bits per heavy atom. The van der Waals surface area contributed by atoms with Crippen molar-refractivity contribution in [3.05, 3.63) is 96.0 Å². The van der Waals surface area contributed by atoms with Gasteiger partial charge in [0.2, 0.25) is 0 Å². The molecule has 0 unspecified atom stereocenters. The molecule has 30 heavy (non-hydrogen) atoms. The lowest BCUT2D eigenvalue weighted by molar-refractivity contribution is -0.110. The van der Waals surface area contributed by atoms with Crippen LogP contribution in [0.15, 0.2) is 84.9 Å². The van der Waals surface area contributed by atoms with Crippen LogP contribution in [0.2, 0.25) is 0 Å². The molecule has 2 aromatic carbocycles. The minimum Gasteiger partial charge on any atom is -0.428 e. The quantitative estimate of drug-likeness (QED) is 0.264. The molecule has 0 N–H and O–H groups in total. The molecule has 9 heteroatoms. The molecule has 3 nitrogen and oxygen atoms in total. The van der Waals surface area contributed by atoms with Gasteiger partial charge in [0.05, 0.1) is 0 Å². The molecular weight excluding hydrogens is 414 g/mol. The highest BCUT2D eigenvalue weighted by Gasteiger charge is 2.08. The smallest absolute Gasteiger partial charge is 0.344 e. The molecule has 0 saturated carbocycles. The summed E-state index contributed by atoms with van der Waals surface area (Å²) in [6.45, 7) is 0. The minimum atomic E-state index is -2.57. The number of allylic oxidation sites excluding steroid dienone is 2. The van der Waals surface area contributed by atoms with E-state index in [0.29, 0.717) is 11.1 Å². The third-order valence-corrected chi connectivity index (χ3v) is 3.35. The average Bonchev–Trinajstić information content (AvgIpc) is 2.72. The Kier molecular flexibility index (Phi) is 8.04. The topological polar surface area (TPSA) is 35.5 Å². The fourth-order valence-corrected chi connectivity index (χ4v) is 1.99. The second-order valence-corrected chi connectivity index (χ2v) is 5.48. The number of ketones is 1. The van der Waals surface area contributed by atoms with Gasteiger partial charge in [-0.1, -0.05) is 36.4 Å². The van der Waals surface area contributed by atoms with Crippen molar-refractivity contribution in [1.29, 1.82) is 0 Å². The lowest BCUT2D eigenvalue weighted by atomic mass is 10.1. The molecule has 0 bridgehead atoms. The fourth-order valence-electron chi connectivity index (χ4n) is 1.99. The van der Waals surface area contributed by atoms with E-state index in [-0.39, 0.29) is 11.5 Å². The second-order valence-electron chi connectivity index (χ2n) is 5.48. The first-order valence-corrected chi connectivity index (χ1v) is 8.12. The van der Waals surface area contributed by atoms with E-state index in [1.54, 1.807) is 0 Å². The molecule has 0 fully saturated rings. The largest absolute Gasteiger partial charge is 0.428 e. The summed E-state index contributed by atoms with van der Waals surface area (Å²) in [6.07, 6.45) is 0.199. The fraction of sp³-hybridized carbons (Fsp3) is 0. The highest BCUT2D eigenvalue weighted by atomic mass is 19.3. The summed E-state index contributed by atoms with van der Waals surface area (Å²) in [7, 11) is 0. The van der Waals surface area contributed by atoms with Gasteiger partial charge in [-0.15, -0.1) is 0 Å². The van der Waals surface area contributed by atoms with Crippen molar-refractivity contribution in [2.75, 3.05) is 0 Å². The first kappa shape index (κ1) is 22.5. The Labute approximate surface area is 166 Å². The number of ether oxygens (including phenoxy) is 2. The van der Waals surface area contributed by atoms with Crippen molar-refractivity contribution in [3.63, 3.8) is 0 Å². The van der Waals surface area contributed by atoms with E-state index in [0.717, 1.165) is 0 Å². The Balaban J connectivity index is 1.93. The Hall–Kier alpha value is -3.75. The van der Waals surface area contributed by atoms with Crippen molar-refractivity contribution >= 4 is 17.9 Å². The number of carbonyl (C=O) groups excluding carboxylic acids is 1. The number of hydrogen-bond acceptors (Lipinski definition) is 3. The monoisotopic (exact) mass is 426 g/mol. The van der Waals surface area contributed by atoms with Crippen LogP contribution in [-0.2, 0) is 4.79 Å². The molecule has 0 aliphatic rings. The van der Waals surface area contributed by atoms with E-state index in [9.17, 15) is 31.1 Å². The number of benzene rings is 2. The third kappa shape index (κ3) is 7.34. The number of carbonyl (C=O) groups is 1. The van der Waals surface area contributed by atoms with Gasteiger partial charge in [0.25, 0.3) is 0 Å². The lowest BCUT2D eigenvalue weighted by Crippen LogP contribution is -1.91. The summed E-state index contributed by atoms with van der Waals surface area (Å²) in [6, 6.07) is 6.73. The van der Waals surface area contributed by atoms with E-state index in [4.69, 9.17) is 0 Å². The molecule has 0 amide bonds. The number of rotatable bonds is 8. The molecule has 0 spiro atoms. The van der Waals surface area contributed by atoms with Crippen molar-refractivity contribution < 1.29 is 40.6 Å². The van der Waals surface area contributed by atoms with Gasteiger partial charge in [-0.05, 0) is 47.5 Å². The molecular formula is C21H12F6O3. The molecule has 156 valence electrons. The van der Waals surface area contributed by atoms with E-state index < -0.39 is 30.0 Å². The summed E-state index contributed by atoms with van der Waals surface area (Å²) in [5.74, 6) is -0.668. The van der Waals surface area contributed by atoms with Crippen LogP contribution in [-0.4, -0.2) is 5.78 Å². The van der Waals surface area contributed by atoms with Gasteiger partial charge in [-0.25, -0.2) is 0 Å². The van der Waals surface area contributed by atoms with Crippen LogP contribution in [0.1, 0.15) is 11.1 Å². The van der Waals surface area contributed by atoms with Crippen molar-refractivity contribution in [1.82, 2.24) is 0 Å². The maximum Gasteiger partial charge on any atom is 0.344 e. The molecule has 0 aliphatic carbocycles. The Morgan fingerprint density at radius 1 is 0.600 bits per heavy atom. The predicted molar refractivity (Wildman–Crippen MR) is 97.9 cm³/mol. The van der Waals surface area contributed by atoms with Crippen LogP contribution in [0, 0.1) is 0 Å². The second kappa shape index (κ2) is 10.7. The molecule has 0 aliphatic heterocycles. The molecule has 0 radical (unpaired) electrons. The van der Waals surface area contributed by atoms with Gasteiger partial charge >= 0.3 is 24.2 Å². The third-order valence-electron chi connectivity index (χ3n) is 3.35. The van der Waals surface area contributed by atoms with Crippen LogP contribution in [0.4, 0.5) is 26.3 Å². The van der Waals surface area contributed by atoms with Gasteiger partial charge in [0.1, 0.15) is 11.5 Å². The van der Waals surface area contributed by atoms with Gasteiger partial charge in [-0.3, -0.25) is 4.79 Å².